The van der Waals surface area contributed by atoms with Crippen LogP contribution in [-0.2, 0) is 12.0 Å². The smallest absolute Gasteiger partial charge is 0.269 e. The third-order valence-electron chi connectivity index (χ3n) is 4.59. The molecule has 0 amide bonds. The number of alkyl halides is 2. The molecule has 2 aromatic heterocycles. The van der Waals surface area contributed by atoms with Crippen LogP contribution in [0.2, 0.25) is 0 Å². The summed E-state index contributed by atoms with van der Waals surface area (Å²) < 4.78 is 40.5. The maximum atomic E-state index is 14.9. The summed E-state index contributed by atoms with van der Waals surface area (Å²) in [4.78, 5) is 23.9. The molecule has 3 rings (SSSR count). The van der Waals surface area contributed by atoms with Crippen LogP contribution in [0.3, 0.4) is 0 Å². The van der Waals surface area contributed by atoms with E-state index >= 15 is 0 Å². The van der Waals surface area contributed by atoms with Crippen molar-refractivity contribution in [3.63, 3.8) is 0 Å². The molecule has 0 aliphatic carbocycles. The van der Waals surface area contributed by atoms with Crippen molar-refractivity contribution in [2.45, 2.75) is 39.2 Å². The van der Waals surface area contributed by atoms with Crippen LogP contribution in [-0.4, -0.2) is 52.4 Å². The van der Waals surface area contributed by atoms with Gasteiger partial charge in [0.05, 0.1) is 17.6 Å². The van der Waals surface area contributed by atoms with Gasteiger partial charge in [0.2, 0.25) is 0 Å². The van der Waals surface area contributed by atoms with Crippen molar-refractivity contribution in [1.29, 1.82) is 0 Å². The Balaban J connectivity index is 1.72. The predicted octanol–water partition coefficient (Wildman–Crippen LogP) is 2.06. The summed E-state index contributed by atoms with van der Waals surface area (Å²) >= 11 is 0. The number of hydrogen-bond donors (Lipinski definition) is 0. The van der Waals surface area contributed by atoms with Crippen LogP contribution in [0, 0.1) is 5.82 Å². The first kappa shape index (κ1) is 20.1. The minimum absolute atomic E-state index is 0.269. The van der Waals surface area contributed by atoms with E-state index in [0.717, 1.165) is 4.68 Å². The Morgan fingerprint density at radius 1 is 1.11 bits per heavy atom. The van der Waals surface area contributed by atoms with Gasteiger partial charge in [-0.05, 0) is 0 Å². The lowest BCUT2D eigenvalue weighted by atomic mass is 9.91. The molecular formula is C18H23F3N6O. The van der Waals surface area contributed by atoms with Gasteiger partial charge in [0.25, 0.3) is 12.0 Å². The molecule has 0 unspecified atom stereocenters. The van der Waals surface area contributed by atoms with Crippen molar-refractivity contribution in [2.75, 3.05) is 36.0 Å². The van der Waals surface area contributed by atoms with Crippen molar-refractivity contribution < 1.29 is 13.2 Å². The first-order valence-corrected chi connectivity index (χ1v) is 9.03. The highest BCUT2D eigenvalue weighted by atomic mass is 19.3. The fraction of sp³-hybridized carbons (Fsp3) is 0.556. The molecule has 1 fully saturated rings. The monoisotopic (exact) mass is 396 g/mol. The Morgan fingerprint density at radius 2 is 1.75 bits per heavy atom. The van der Waals surface area contributed by atoms with Crippen LogP contribution in [0.1, 0.15) is 26.5 Å². The SMILES string of the molecule is CC(C)(C)c1ncnc(N2CCN(c3cnn(CC(F)F)c(=O)c3)CC2)c1F. The van der Waals surface area contributed by atoms with E-state index < -0.39 is 29.8 Å². The van der Waals surface area contributed by atoms with Crippen molar-refractivity contribution in [2.24, 2.45) is 0 Å². The third-order valence-corrected chi connectivity index (χ3v) is 4.59. The Hall–Kier alpha value is -2.65. The summed E-state index contributed by atoms with van der Waals surface area (Å²) in [5.74, 6) is -0.148. The van der Waals surface area contributed by atoms with E-state index in [0.29, 0.717) is 37.6 Å². The zero-order chi connectivity index (χ0) is 20.5. The van der Waals surface area contributed by atoms with Crippen LogP contribution in [0.4, 0.5) is 24.7 Å². The summed E-state index contributed by atoms with van der Waals surface area (Å²) in [5, 5.41) is 3.81. The lowest BCUT2D eigenvalue weighted by molar-refractivity contribution is 0.119. The predicted molar refractivity (Wildman–Crippen MR) is 99.6 cm³/mol. The van der Waals surface area contributed by atoms with Gasteiger partial charge >= 0.3 is 0 Å². The molecular weight excluding hydrogens is 373 g/mol. The molecule has 0 radical (unpaired) electrons. The number of nitrogens with zero attached hydrogens (tertiary/aromatic N) is 6. The average molecular weight is 396 g/mol. The molecule has 0 spiro atoms. The van der Waals surface area contributed by atoms with Gasteiger partial charge in [0.15, 0.2) is 11.6 Å². The summed E-state index contributed by atoms with van der Waals surface area (Å²) in [5.41, 5.74) is -0.0744. The highest BCUT2D eigenvalue weighted by Gasteiger charge is 2.27. The van der Waals surface area contributed by atoms with E-state index in [9.17, 15) is 18.0 Å². The lowest BCUT2D eigenvalue weighted by Gasteiger charge is -2.36. The van der Waals surface area contributed by atoms with Crippen molar-refractivity contribution in [1.82, 2.24) is 19.7 Å². The Kier molecular flexibility index (Phi) is 5.57. The number of rotatable bonds is 4. The molecule has 0 aromatic carbocycles. The summed E-state index contributed by atoms with van der Waals surface area (Å²) in [7, 11) is 0. The zero-order valence-corrected chi connectivity index (χ0v) is 16.1. The fourth-order valence-electron chi connectivity index (χ4n) is 3.15. The maximum Gasteiger partial charge on any atom is 0.269 e. The minimum Gasteiger partial charge on any atom is -0.367 e. The molecule has 28 heavy (non-hydrogen) atoms. The third kappa shape index (κ3) is 4.26. The second-order valence-corrected chi connectivity index (χ2v) is 7.71. The first-order valence-electron chi connectivity index (χ1n) is 9.03. The van der Waals surface area contributed by atoms with E-state index in [-0.39, 0.29) is 5.82 Å². The van der Waals surface area contributed by atoms with Gasteiger partial charge in [-0.15, -0.1) is 0 Å². The molecule has 2 aromatic rings. The molecule has 0 bridgehead atoms. The summed E-state index contributed by atoms with van der Waals surface area (Å²) in [6, 6.07) is 1.30. The molecule has 1 aliphatic rings. The van der Waals surface area contributed by atoms with E-state index in [1.807, 2.05) is 30.6 Å². The van der Waals surface area contributed by atoms with Crippen LogP contribution < -0.4 is 15.4 Å². The molecule has 10 heteroatoms. The van der Waals surface area contributed by atoms with Crippen LogP contribution in [0.25, 0.3) is 0 Å². The van der Waals surface area contributed by atoms with Gasteiger partial charge in [0.1, 0.15) is 12.9 Å². The Labute approximate surface area is 160 Å². The van der Waals surface area contributed by atoms with Gasteiger partial charge in [-0.2, -0.15) is 5.10 Å². The lowest BCUT2D eigenvalue weighted by Crippen LogP contribution is -2.47. The van der Waals surface area contributed by atoms with Gasteiger partial charge in [-0.1, -0.05) is 20.8 Å². The van der Waals surface area contributed by atoms with E-state index in [1.165, 1.54) is 18.6 Å². The van der Waals surface area contributed by atoms with Crippen molar-refractivity contribution in [3.8, 4) is 0 Å². The second kappa shape index (κ2) is 7.76. The van der Waals surface area contributed by atoms with E-state index in [2.05, 4.69) is 15.1 Å². The number of halogens is 3. The highest BCUT2D eigenvalue weighted by molar-refractivity contribution is 5.48. The Morgan fingerprint density at radius 3 is 2.32 bits per heavy atom. The number of piperazine rings is 1. The highest BCUT2D eigenvalue weighted by Crippen LogP contribution is 2.28. The normalized spacial score (nSPS) is 15.4. The van der Waals surface area contributed by atoms with Crippen LogP contribution in [0.5, 0.6) is 0 Å². The molecule has 0 saturated carbocycles. The van der Waals surface area contributed by atoms with Gasteiger partial charge < -0.3 is 9.80 Å². The topological polar surface area (TPSA) is 67.2 Å². The quantitative estimate of drug-likeness (QED) is 0.788. The molecule has 1 aliphatic heterocycles. The minimum atomic E-state index is -2.64. The number of hydrogen-bond acceptors (Lipinski definition) is 6. The number of aromatic nitrogens is 4. The first-order chi connectivity index (χ1) is 13.2. The van der Waals surface area contributed by atoms with Crippen molar-refractivity contribution >= 4 is 11.5 Å². The number of anilines is 2. The fourth-order valence-corrected chi connectivity index (χ4v) is 3.15. The molecule has 7 nitrogen and oxygen atoms in total. The van der Waals surface area contributed by atoms with Gasteiger partial charge in [-0.25, -0.2) is 27.8 Å². The standard InChI is InChI=1S/C18H23F3N6O/c1-18(2,3)16-15(21)17(23-11-22-16)26-6-4-25(5-7-26)12-8-14(28)27(24-9-12)10-13(19)20/h8-9,11,13H,4-7,10H2,1-3H3. The van der Waals surface area contributed by atoms with E-state index in [1.54, 1.807) is 0 Å². The van der Waals surface area contributed by atoms with Gasteiger partial charge in [-0.3, -0.25) is 4.79 Å². The molecule has 0 atom stereocenters. The Bertz CT molecular complexity index is 888. The largest absolute Gasteiger partial charge is 0.367 e. The summed E-state index contributed by atoms with van der Waals surface area (Å²) in [6.07, 6.45) is 0.140. The van der Waals surface area contributed by atoms with E-state index in [4.69, 9.17) is 0 Å². The molecule has 1 saturated heterocycles. The average Bonchev–Trinajstić information content (AvgIpc) is 2.62. The maximum absolute atomic E-state index is 14.9. The molecule has 3 heterocycles. The van der Waals surface area contributed by atoms with Crippen LogP contribution in [0.15, 0.2) is 23.4 Å². The van der Waals surface area contributed by atoms with Crippen molar-refractivity contribution in [3.05, 3.63) is 40.5 Å². The summed E-state index contributed by atoms with van der Waals surface area (Å²) in [6.45, 7) is 6.99. The van der Waals surface area contributed by atoms with Crippen LogP contribution >= 0.6 is 0 Å². The molecule has 0 N–H and O–H groups in total. The van der Waals surface area contributed by atoms with Gasteiger partial charge in [0, 0.05) is 37.7 Å². The second-order valence-electron chi connectivity index (χ2n) is 7.71. The zero-order valence-electron chi connectivity index (χ0n) is 16.1. The molecule has 152 valence electrons.